The predicted octanol–water partition coefficient (Wildman–Crippen LogP) is -0.160. The van der Waals surface area contributed by atoms with Crippen LogP contribution in [0.2, 0.25) is 0 Å². The van der Waals surface area contributed by atoms with Crippen LogP contribution in [0.1, 0.15) is 12.5 Å². The van der Waals surface area contributed by atoms with E-state index in [9.17, 15) is 19.5 Å². The lowest BCUT2D eigenvalue weighted by atomic mass is 10.1. The van der Waals surface area contributed by atoms with Gasteiger partial charge in [-0.15, -0.1) is 0 Å². The number of carbonyl (C=O) groups excluding carboxylic acids is 3. The van der Waals surface area contributed by atoms with Crippen molar-refractivity contribution < 1.29 is 19.5 Å². The van der Waals surface area contributed by atoms with Crippen LogP contribution < -0.4 is 15.3 Å². The van der Waals surface area contributed by atoms with E-state index in [0.717, 1.165) is 23.7 Å². The third-order valence-corrected chi connectivity index (χ3v) is 2.99. The number of hydrogen-bond donors (Lipinski definition) is 1. The quantitative estimate of drug-likeness (QED) is 0.775. The number of hydrogen-bond acceptors (Lipinski definition) is 4. The summed E-state index contributed by atoms with van der Waals surface area (Å²) in [6.45, 7) is 2.14. The fourth-order valence-electron chi connectivity index (χ4n) is 2.13. The lowest BCUT2D eigenvalue weighted by Crippen LogP contribution is -2.25. The van der Waals surface area contributed by atoms with Crippen LogP contribution >= 0.6 is 0 Å². The number of fused-ring (bicyclic) bond motifs is 1. The number of benzene rings is 1. The van der Waals surface area contributed by atoms with Crippen molar-refractivity contribution in [3.63, 3.8) is 0 Å². The van der Waals surface area contributed by atoms with Gasteiger partial charge in [-0.2, -0.15) is 0 Å². The Labute approximate surface area is 115 Å². The summed E-state index contributed by atoms with van der Waals surface area (Å²) in [7, 11) is 0. The van der Waals surface area contributed by atoms with Gasteiger partial charge in [0.2, 0.25) is 11.8 Å². The maximum atomic E-state index is 11.4. The summed E-state index contributed by atoms with van der Waals surface area (Å²) in [4.78, 5) is 34.7. The highest BCUT2D eigenvalue weighted by Gasteiger charge is 2.22. The van der Waals surface area contributed by atoms with E-state index in [4.69, 9.17) is 0 Å². The first-order valence-corrected chi connectivity index (χ1v) is 6.08. The molecule has 20 heavy (non-hydrogen) atoms. The van der Waals surface area contributed by atoms with Crippen LogP contribution in [0.4, 0.5) is 11.4 Å². The van der Waals surface area contributed by atoms with E-state index >= 15 is 0 Å². The average Bonchev–Trinajstić information content (AvgIpc) is 2.79. The standard InChI is InChI=1S/C14H14N2O4/c1-9(17)16-7-6-10-8-11(2-3-12(10)16)15-13(18)4-5-14(19)20/h2-5,8H,6-7H2,1H3,(H,15,18)(H,19,20)/p-1/b5-4+. The van der Waals surface area contributed by atoms with E-state index in [2.05, 4.69) is 5.32 Å². The van der Waals surface area contributed by atoms with Crippen molar-refractivity contribution >= 4 is 29.2 Å². The number of carbonyl (C=O) groups is 3. The molecule has 0 atom stereocenters. The number of nitrogens with one attached hydrogen (secondary N) is 1. The molecule has 0 radical (unpaired) electrons. The van der Waals surface area contributed by atoms with Gasteiger partial charge in [0.25, 0.3) is 0 Å². The molecule has 0 bridgehead atoms. The average molecular weight is 273 g/mol. The Kier molecular flexibility index (Phi) is 3.84. The SMILES string of the molecule is CC(=O)N1CCc2cc(NC(=O)/C=C/C(=O)[O-])ccc21. The molecule has 1 N–H and O–H groups in total. The molecule has 1 aromatic rings. The van der Waals surface area contributed by atoms with Crippen molar-refractivity contribution in [3.05, 3.63) is 35.9 Å². The number of nitrogens with zero attached hydrogens (tertiary/aromatic N) is 1. The molecule has 6 heteroatoms. The van der Waals surface area contributed by atoms with E-state index < -0.39 is 11.9 Å². The number of aliphatic carboxylic acids is 1. The Bertz CT molecular complexity index is 607. The van der Waals surface area contributed by atoms with Crippen LogP contribution in [-0.2, 0) is 20.8 Å². The van der Waals surface area contributed by atoms with Gasteiger partial charge in [0.05, 0.1) is 5.97 Å². The monoisotopic (exact) mass is 273 g/mol. The van der Waals surface area contributed by atoms with Crippen LogP contribution in [0.15, 0.2) is 30.4 Å². The second-order valence-electron chi connectivity index (χ2n) is 4.41. The fraction of sp³-hybridized carbons (Fsp3) is 0.214. The molecule has 1 aromatic carbocycles. The molecule has 0 fully saturated rings. The van der Waals surface area contributed by atoms with Gasteiger partial charge in [0.1, 0.15) is 0 Å². The molecule has 1 heterocycles. The van der Waals surface area contributed by atoms with Crippen LogP contribution in [0.3, 0.4) is 0 Å². The van der Waals surface area contributed by atoms with Crippen molar-refractivity contribution in [1.82, 2.24) is 0 Å². The van der Waals surface area contributed by atoms with Gasteiger partial charge in [-0.05, 0) is 36.3 Å². The van der Waals surface area contributed by atoms with Crippen LogP contribution in [0.25, 0.3) is 0 Å². The summed E-state index contributed by atoms with van der Waals surface area (Å²) in [5.41, 5.74) is 2.38. The molecule has 1 aliphatic heterocycles. The van der Waals surface area contributed by atoms with Gasteiger partial charge >= 0.3 is 0 Å². The van der Waals surface area contributed by atoms with Crippen LogP contribution in [-0.4, -0.2) is 24.3 Å². The molecule has 0 unspecified atom stereocenters. The minimum absolute atomic E-state index is 0.0163. The summed E-state index contributed by atoms with van der Waals surface area (Å²) in [6, 6.07) is 5.22. The van der Waals surface area contributed by atoms with E-state index in [1.165, 1.54) is 6.92 Å². The Balaban J connectivity index is 2.11. The molecule has 2 rings (SSSR count). The van der Waals surface area contributed by atoms with E-state index in [1.54, 1.807) is 23.1 Å². The lowest BCUT2D eigenvalue weighted by molar-refractivity contribution is -0.297. The predicted molar refractivity (Wildman–Crippen MR) is 70.9 cm³/mol. The van der Waals surface area contributed by atoms with Crippen LogP contribution in [0, 0.1) is 0 Å². The first-order valence-electron chi connectivity index (χ1n) is 6.08. The Hall–Kier alpha value is -2.63. The lowest BCUT2D eigenvalue weighted by Gasteiger charge is -2.14. The fourth-order valence-corrected chi connectivity index (χ4v) is 2.13. The van der Waals surface area contributed by atoms with E-state index in [-0.39, 0.29) is 5.91 Å². The van der Waals surface area contributed by atoms with Crippen molar-refractivity contribution in [3.8, 4) is 0 Å². The third-order valence-electron chi connectivity index (χ3n) is 2.99. The zero-order valence-electron chi connectivity index (χ0n) is 10.9. The normalized spacial score (nSPS) is 13.3. The highest BCUT2D eigenvalue weighted by Crippen LogP contribution is 2.30. The second kappa shape index (κ2) is 5.56. The van der Waals surface area contributed by atoms with E-state index in [0.29, 0.717) is 18.3 Å². The number of rotatable bonds is 3. The molecule has 104 valence electrons. The van der Waals surface area contributed by atoms with Gasteiger partial charge < -0.3 is 20.1 Å². The third kappa shape index (κ3) is 3.03. The summed E-state index contributed by atoms with van der Waals surface area (Å²) in [6.07, 6.45) is 2.29. The smallest absolute Gasteiger partial charge is 0.248 e. The van der Waals surface area contributed by atoms with Gasteiger partial charge in [0.15, 0.2) is 0 Å². The van der Waals surface area contributed by atoms with Gasteiger partial charge in [0, 0.05) is 30.9 Å². The van der Waals surface area contributed by atoms with E-state index in [1.807, 2.05) is 0 Å². The molecular formula is C14H13N2O4-. The second-order valence-corrected chi connectivity index (χ2v) is 4.41. The number of amides is 2. The number of carboxylic acid groups (broad SMARTS) is 1. The number of carboxylic acids is 1. The topological polar surface area (TPSA) is 89.5 Å². The zero-order chi connectivity index (χ0) is 14.7. The molecule has 0 spiro atoms. The molecule has 6 nitrogen and oxygen atoms in total. The summed E-state index contributed by atoms with van der Waals surface area (Å²) in [5, 5.41) is 12.7. The molecule has 0 saturated heterocycles. The Morgan fingerprint density at radius 3 is 2.70 bits per heavy atom. The Morgan fingerprint density at radius 2 is 2.05 bits per heavy atom. The molecular weight excluding hydrogens is 260 g/mol. The first kappa shape index (κ1) is 13.8. The van der Waals surface area contributed by atoms with Crippen LogP contribution in [0.5, 0.6) is 0 Å². The maximum Gasteiger partial charge on any atom is 0.248 e. The van der Waals surface area contributed by atoms with Gasteiger partial charge in [-0.3, -0.25) is 9.59 Å². The largest absolute Gasteiger partial charge is 0.545 e. The zero-order valence-corrected chi connectivity index (χ0v) is 10.9. The highest BCUT2D eigenvalue weighted by atomic mass is 16.4. The van der Waals surface area contributed by atoms with Crippen molar-refractivity contribution in [2.75, 3.05) is 16.8 Å². The Morgan fingerprint density at radius 1 is 1.30 bits per heavy atom. The van der Waals surface area contributed by atoms with Gasteiger partial charge in [-0.25, -0.2) is 0 Å². The van der Waals surface area contributed by atoms with Gasteiger partial charge in [-0.1, -0.05) is 0 Å². The van der Waals surface area contributed by atoms with Crippen molar-refractivity contribution in [2.24, 2.45) is 0 Å². The molecule has 0 saturated carbocycles. The number of anilines is 2. The summed E-state index contributed by atoms with van der Waals surface area (Å²) < 4.78 is 0. The summed E-state index contributed by atoms with van der Waals surface area (Å²) in [5.74, 6) is -1.99. The minimum Gasteiger partial charge on any atom is -0.545 e. The van der Waals surface area contributed by atoms with Crippen molar-refractivity contribution in [2.45, 2.75) is 13.3 Å². The molecule has 2 amide bonds. The maximum absolute atomic E-state index is 11.4. The highest BCUT2D eigenvalue weighted by molar-refractivity contribution is 6.02. The molecule has 1 aliphatic rings. The van der Waals surface area contributed by atoms with Crippen molar-refractivity contribution in [1.29, 1.82) is 0 Å². The molecule has 0 aromatic heterocycles. The first-order chi connectivity index (χ1) is 9.47. The molecule has 0 aliphatic carbocycles. The minimum atomic E-state index is -1.42. The summed E-state index contributed by atoms with van der Waals surface area (Å²) >= 11 is 0.